The highest BCUT2D eigenvalue weighted by molar-refractivity contribution is 6.00. The van der Waals surface area contributed by atoms with Gasteiger partial charge in [-0.1, -0.05) is 154 Å². The maximum absolute atomic E-state index is 2.58. The molecule has 0 radical (unpaired) electrons. The van der Waals surface area contributed by atoms with Gasteiger partial charge in [0.1, 0.15) is 0 Å². The van der Waals surface area contributed by atoms with Gasteiger partial charge < -0.3 is 9.80 Å². The fraction of sp³-hybridized carbons (Fsp3) is 0.220. The molecule has 6 aliphatic rings. The summed E-state index contributed by atoms with van der Waals surface area (Å²) in [6.45, 7) is 4.78. The lowest BCUT2D eigenvalue weighted by molar-refractivity contribution is 0.443. The molecule has 8 aromatic carbocycles. The number of benzene rings is 8. The van der Waals surface area contributed by atoms with Gasteiger partial charge in [-0.25, -0.2) is 0 Å². The molecule has 0 spiro atoms. The van der Waals surface area contributed by atoms with Gasteiger partial charge in [0.15, 0.2) is 0 Å². The Balaban J connectivity index is 1.01. The Bertz CT molecular complexity index is 2870. The fourth-order valence-electron chi connectivity index (χ4n) is 10.9. The number of aryl methyl sites for hydroxylation is 4. The average Bonchev–Trinajstić information content (AvgIpc) is 3.54. The molecule has 0 aromatic heterocycles. The number of hydrogen-bond acceptors (Lipinski definition) is 2. The molecule has 0 atom stereocenters. The predicted octanol–water partition coefficient (Wildman–Crippen LogP) is 16.0. The molecule has 61 heavy (non-hydrogen) atoms. The van der Waals surface area contributed by atoms with E-state index in [4.69, 9.17) is 0 Å². The molecule has 0 unspecified atom stereocenters. The van der Waals surface area contributed by atoms with Gasteiger partial charge in [-0.3, -0.25) is 0 Å². The van der Waals surface area contributed by atoms with Gasteiger partial charge >= 0.3 is 0 Å². The summed E-state index contributed by atoms with van der Waals surface area (Å²) in [6.07, 6.45) is 10.5. The smallest absolute Gasteiger partial charge is 0.0540 e. The normalized spacial score (nSPS) is 15.5. The summed E-state index contributed by atoms with van der Waals surface area (Å²) >= 11 is 0. The second kappa shape index (κ2) is 15.6. The molecule has 0 aliphatic heterocycles. The van der Waals surface area contributed by atoms with Crippen molar-refractivity contribution >= 4 is 44.9 Å². The second-order valence-electron chi connectivity index (χ2n) is 18.3. The molecule has 4 bridgehead atoms. The molecule has 0 saturated heterocycles. The standard InChI is InChI=1S/C59H54N2/c1-59(2)54-22-12-11-21-52(54)53-37-36-50(40-55(53)59)61(56-23-13-17-45-16-9-10-20-51(45)56)58-39-42-25-29-46-28-24-41(26-30-47(58)31-27-42)38-57(46)60(48-18-7-4-8-19-48)49-34-32-44(33-35-49)43-14-5-3-6-15-43/h4,7-13,16-24,27-28,31-40,43H,3,5-6,14-15,25-26,29-30H2,1-2H3. The van der Waals surface area contributed by atoms with E-state index in [1.54, 1.807) is 0 Å². The molecule has 8 aromatic rings. The third kappa shape index (κ3) is 6.83. The summed E-state index contributed by atoms with van der Waals surface area (Å²) in [5.41, 5.74) is 19.8. The first-order valence-corrected chi connectivity index (χ1v) is 22.7. The van der Waals surface area contributed by atoms with Crippen LogP contribution in [0.1, 0.15) is 90.8 Å². The van der Waals surface area contributed by atoms with Crippen LogP contribution in [-0.2, 0) is 31.1 Å². The Morgan fingerprint density at radius 3 is 1.79 bits per heavy atom. The summed E-state index contributed by atoms with van der Waals surface area (Å²) < 4.78 is 0. The third-order valence-electron chi connectivity index (χ3n) is 14.2. The monoisotopic (exact) mass is 790 g/mol. The lowest BCUT2D eigenvalue weighted by Crippen LogP contribution is -2.18. The van der Waals surface area contributed by atoms with Crippen molar-refractivity contribution in [3.63, 3.8) is 0 Å². The molecule has 1 saturated carbocycles. The molecular weight excluding hydrogens is 737 g/mol. The number of anilines is 6. The van der Waals surface area contributed by atoms with Crippen LogP contribution < -0.4 is 9.80 Å². The molecule has 0 amide bonds. The third-order valence-corrected chi connectivity index (χ3v) is 14.2. The Morgan fingerprint density at radius 1 is 0.426 bits per heavy atom. The van der Waals surface area contributed by atoms with Crippen molar-refractivity contribution in [1.29, 1.82) is 0 Å². The Morgan fingerprint density at radius 2 is 1.03 bits per heavy atom. The van der Waals surface area contributed by atoms with Crippen LogP contribution in [-0.4, -0.2) is 0 Å². The van der Waals surface area contributed by atoms with E-state index in [1.807, 2.05) is 0 Å². The quantitative estimate of drug-likeness (QED) is 0.159. The number of nitrogens with zero attached hydrogens (tertiary/aromatic N) is 2. The molecule has 2 heteroatoms. The van der Waals surface area contributed by atoms with Crippen LogP contribution >= 0.6 is 0 Å². The van der Waals surface area contributed by atoms with Crippen molar-refractivity contribution in [3.05, 3.63) is 215 Å². The first kappa shape index (κ1) is 37.6. The average molecular weight is 791 g/mol. The number of hydrogen-bond donors (Lipinski definition) is 0. The van der Waals surface area contributed by atoms with Gasteiger partial charge in [0.05, 0.1) is 5.69 Å². The summed E-state index contributed by atoms with van der Waals surface area (Å²) in [7, 11) is 0. The van der Waals surface area contributed by atoms with Crippen LogP contribution in [0.15, 0.2) is 176 Å². The predicted molar refractivity (Wildman–Crippen MR) is 258 cm³/mol. The van der Waals surface area contributed by atoms with Gasteiger partial charge in [-0.2, -0.15) is 0 Å². The van der Waals surface area contributed by atoms with E-state index in [1.165, 1.54) is 127 Å². The fourth-order valence-corrected chi connectivity index (χ4v) is 10.9. The first-order valence-electron chi connectivity index (χ1n) is 22.7. The summed E-state index contributed by atoms with van der Waals surface area (Å²) in [5, 5.41) is 2.52. The van der Waals surface area contributed by atoms with Gasteiger partial charge in [-0.05, 0) is 154 Å². The first-order chi connectivity index (χ1) is 30.0. The minimum atomic E-state index is -0.0947. The van der Waals surface area contributed by atoms with E-state index in [0.717, 1.165) is 25.7 Å². The van der Waals surface area contributed by atoms with Crippen LogP contribution in [0.25, 0.3) is 21.9 Å². The van der Waals surface area contributed by atoms with Crippen molar-refractivity contribution in [1.82, 2.24) is 0 Å². The minimum absolute atomic E-state index is 0.0947. The zero-order chi connectivity index (χ0) is 40.9. The topological polar surface area (TPSA) is 6.48 Å². The second-order valence-corrected chi connectivity index (χ2v) is 18.3. The summed E-state index contributed by atoms with van der Waals surface area (Å²) in [4.78, 5) is 5.09. The van der Waals surface area contributed by atoms with Crippen LogP contribution in [0.2, 0.25) is 0 Å². The SMILES string of the molecule is CC1(C)c2ccccc2-c2ccc(N(c3cc4ccc3CCc3ccc(c(N(c5ccccc5)c5ccc(C6CCCCC6)cc5)c3)CC4)c3cccc4ccccc34)cc21. The van der Waals surface area contributed by atoms with E-state index >= 15 is 0 Å². The molecule has 2 nitrogen and oxygen atoms in total. The maximum Gasteiger partial charge on any atom is 0.0540 e. The molecule has 6 aliphatic carbocycles. The zero-order valence-electron chi connectivity index (χ0n) is 35.6. The maximum atomic E-state index is 2.58. The van der Waals surface area contributed by atoms with Crippen LogP contribution in [0.3, 0.4) is 0 Å². The Kier molecular flexibility index (Phi) is 9.60. The van der Waals surface area contributed by atoms with E-state index in [9.17, 15) is 0 Å². The van der Waals surface area contributed by atoms with Crippen molar-refractivity contribution in [3.8, 4) is 11.1 Å². The molecule has 0 heterocycles. The van der Waals surface area contributed by atoms with Crippen molar-refractivity contribution in [2.45, 2.75) is 83.0 Å². The van der Waals surface area contributed by atoms with E-state index in [0.29, 0.717) is 5.92 Å². The van der Waals surface area contributed by atoms with E-state index < -0.39 is 0 Å². The Labute approximate surface area is 362 Å². The summed E-state index contributed by atoms with van der Waals surface area (Å²) in [6, 6.07) is 67.1. The molecule has 14 rings (SSSR count). The van der Waals surface area contributed by atoms with Gasteiger partial charge in [0.2, 0.25) is 0 Å². The molecule has 1 fully saturated rings. The number of rotatable bonds is 7. The minimum Gasteiger partial charge on any atom is -0.310 e. The lowest BCUT2D eigenvalue weighted by atomic mass is 9.82. The van der Waals surface area contributed by atoms with E-state index in [-0.39, 0.29) is 5.41 Å². The zero-order valence-corrected chi connectivity index (χ0v) is 35.6. The highest BCUT2D eigenvalue weighted by atomic mass is 15.2. The number of fused-ring (bicyclic) bond motifs is 4. The highest BCUT2D eigenvalue weighted by Crippen LogP contribution is 2.51. The van der Waals surface area contributed by atoms with Crippen molar-refractivity contribution < 1.29 is 0 Å². The van der Waals surface area contributed by atoms with Crippen LogP contribution in [0.5, 0.6) is 0 Å². The molecular formula is C59H54N2. The highest BCUT2D eigenvalue weighted by Gasteiger charge is 2.36. The lowest BCUT2D eigenvalue weighted by Gasteiger charge is -2.32. The van der Waals surface area contributed by atoms with E-state index in [2.05, 4.69) is 200 Å². The van der Waals surface area contributed by atoms with Gasteiger partial charge in [-0.15, -0.1) is 0 Å². The van der Waals surface area contributed by atoms with Gasteiger partial charge in [0, 0.05) is 39.2 Å². The van der Waals surface area contributed by atoms with Crippen molar-refractivity contribution in [2.75, 3.05) is 9.80 Å². The summed E-state index contributed by atoms with van der Waals surface area (Å²) in [5.74, 6) is 0.691. The largest absolute Gasteiger partial charge is 0.310 e. The van der Waals surface area contributed by atoms with Crippen molar-refractivity contribution in [2.24, 2.45) is 0 Å². The van der Waals surface area contributed by atoms with Crippen LogP contribution in [0.4, 0.5) is 34.1 Å². The number of para-hydroxylation sites is 1. The molecule has 0 N–H and O–H groups in total. The Hall–Kier alpha value is -6.38. The van der Waals surface area contributed by atoms with Crippen LogP contribution in [0, 0.1) is 0 Å². The van der Waals surface area contributed by atoms with Gasteiger partial charge in [0.25, 0.3) is 0 Å². The molecule has 300 valence electrons.